The highest BCUT2D eigenvalue weighted by molar-refractivity contribution is 5.36. The lowest BCUT2D eigenvalue weighted by Gasteiger charge is -2.24. The van der Waals surface area contributed by atoms with Crippen LogP contribution in [0.2, 0.25) is 0 Å². The van der Waals surface area contributed by atoms with Crippen LogP contribution in [0, 0.1) is 0 Å². The van der Waals surface area contributed by atoms with Gasteiger partial charge >= 0.3 is 0 Å². The van der Waals surface area contributed by atoms with Crippen molar-refractivity contribution in [3.63, 3.8) is 0 Å². The molecule has 1 N–H and O–H groups in total. The van der Waals surface area contributed by atoms with Crippen molar-refractivity contribution >= 4 is 5.82 Å². The van der Waals surface area contributed by atoms with Crippen LogP contribution in [-0.2, 0) is 0 Å². The molecule has 0 aliphatic heterocycles. The molecule has 1 aromatic rings. The number of anilines is 1. The Morgan fingerprint density at radius 2 is 2.06 bits per heavy atom. The summed E-state index contributed by atoms with van der Waals surface area (Å²) >= 11 is 0. The lowest BCUT2D eigenvalue weighted by Crippen LogP contribution is -2.27. The molecule has 1 rings (SSSR count). The first-order valence-corrected chi connectivity index (χ1v) is 5.97. The first-order valence-electron chi connectivity index (χ1n) is 5.97. The molecule has 0 bridgehead atoms. The molecule has 0 spiro atoms. The van der Waals surface area contributed by atoms with E-state index in [1.54, 1.807) is 0 Å². The zero-order valence-electron chi connectivity index (χ0n) is 10.7. The fourth-order valence-corrected chi connectivity index (χ4v) is 1.18. The van der Waals surface area contributed by atoms with Crippen LogP contribution in [0.15, 0.2) is 18.2 Å². The minimum atomic E-state index is -0.156. The van der Waals surface area contributed by atoms with Crippen LogP contribution in [0.4, 0.5) is 5.82 Å². The summed E-state index contributed by atoms with van der Waals surface area (Å²) in [5.41, 5.74) is -0.156. The van der Waals surface area contributed by atoms with Gasteiger partial charge in [0.1, 0.15) is 11.4 Å². The van der Waals surface area contributed by atoms with Crippen molar-refractivity contribution in [2.45, 2.75) is 46.1 Å². The van der Waals surface area contributed by atoms with Crippen LogP contribution < -0.4 is 10.1 Å². The van der Waals surface area contributed by atoms with E-state index in [0.29, 0.717) is 5.88 Å². The predicted octanol–water partition coefficient (Wildman–Crippen LogP) is 3.47. The molecule has 0 aromatic carbocycles. The molecule has 1 heterocycles. The monoisotopic (exact) mass is 222 g/mol. The van der Waals surface area contributed by atoms with Gasteiger partial charge in [0.15, 0.2) is 0 Å². The molecule has 0 saturated heterocycles. The third-order valence-electron chi connectivity index (χ3n) is 2.51. The molecule has 0 radical (unpaired) electrons. The molecule has 0 aliphatic rings. The minimum Gasteiger partial charge on any atom is -0.472 e. The van der Waals surface area contributed by atoms with Crippen LogP contribution in [0.1, 0.15) is 40.5 Å². The van der Waals surface area contributed by atoms with Gasteiger partial charge in [-0.25, -0.2) is 0 Å². The van der Waals surface area contributed by atoms with Gasteiger partial charge < -0.3 is 10.1 Å². The van der Waals surface area contributed by atoms with Crippen LogP contribution in [-0.4, -0.2) is 17.1 Å². The highest BCUT2D eigenvalue weighted by Crippen LogP contribution is 2.20. The molecular weight excluding hydrogens is 200 g/mol. The van der Waals surface area contributed by atoms with Crippen LogP contribution in [0.25, 0.3) is 0 Å². The molecule has 1 aromatic heterocycles. The van der Waals surface area contributed by atoms with Crippen molar-refractivity contribution in [2.24, 2.45) is 0 Å². The Morgan fingerprint density at radius 1 is 1.31 bits per heavy atom. The normalized spacial score (nSPS) is 11.2. The Labute approximate surface area is 98.2 Å². The second-order valence-electron chi connectivity index (χ2n) is 4.50. The molecule has 0 unspecified atom stereocenters. The maximum Gasteiger partial charge on any atom is 0.215 e. The SMILES string of the molecule is CCCNc1cccc(OC(C)(C)CC)n1. The number of hydrogen-bond acceptors (Lipinski definition) is 3. The van der Waals surface area contributed by atoms with Crippen molar-refractivity contribution in [1.29, 1.82) is 0 Å². The van der Waals surface area contributed by atoms with Gasteiger partial charge in [-0.05, 0) is 32.8 Å². The molecule has 3 heteroatoms. The van der Waals surface area contributed by atoms with E-state index in [2.05, 4.69) is 38.0 Å². The fraction of sp³-hybridized carbons (Fsp3) is 0.615. The smallest absolute Gasteiger partial charge is 0.215 e. The van der Waals surface area contributed by atoms with Crippen LogP contribution >= 0.6 is 0 Å². The Bertz CT molecular complexity index is 323. The summed E-state index contributed by atoms with van der Waals surface area (Å²) in [6, 6.07) is 5.82. The maximum absolute atomic E-state index is 5.82. The number of aromatic nitrogens is 1. The summed E-state index contributed by atoms with van der Waals surface area (Å²) in [4.78, 5) is 4.41. The molecule has 16 heavy (non-hydrogen) atoms. The molecule has 0 saturated carbocycles. The van der Waals surface area contributed by atoms with E-state index in [1.807, 2.05) is 18.2 Å². The Morgan fingerprint density at radius 3 is 2.69 bits per heavy atom. The lowest BCUT2D eigenvalue weighted by molar-refractivity contribution is 0.0992. The summed E-state index contributed by atoms with van der Waals surface area (Å²) in [5.74, 6) is 1.57. The van der Waals surface area contributed by atoms with E-state index in [9.17, 15) is 0 Å². The predicted molar refractivity (Wildman–Crippen MR) is 68.0 cm³/mol. The molecule has 0 aliphatic carbocycles. The zero-order chi connectivity index (χ0) is 12.0. The summed E-state index contributed by atoms with van der Waals surface area (Å²) in [5, 5.41) is 3.25. The van der Waals surface area contributed by atoms with Crippen molar-refractivity contribution in [2.75, 3.05) is 11.9 Å². The first kappa shape index (κ1) is 12.8. The van der Waals surface area contributed by atoms with Gasteiger partial charge in [-0.15, -0.1) is 0 Å². The van der Waals surface area contributed by atoms with E-state index in [4.69, 9.17) is 4.74 Å². The van der Waals surface area contributed by atoms with E-state index in [1.165, 1.54) is 0 Å². The number of ether oxygens (including phenoxy) is 1. The van der Waals surface area contributed by atoms with Gasteiger partial charge in [0.25, 0.3) is 0 Å². The standard InChI is InChI=1S/C13H22N2O/c1-5-10-14-11-8-7-9-12(15-11)16-13(3,4)6-2/h7-9H,5-6,10H2,1-4H3,(H,14,15). The van der Waals surface area contributed by atoms with E-state index in [-0.39, 0.29) is 5.60 Å². The van der Waals surface area contributed by atoms with E-state index in [0.717, 1.165) is 25.2 Å². The van der Waals surface area contributed by atoms with Gasteiger partial charge in [0.05, 0.1) is 0 Å². The average Bonchev–Trinajstić information content (AvgIpc) is 2.26. The summed E-state index contributed by atoms with van der Waals surface area (Å²) in [6.07, 6.45) is 2.05. The number of nitrogens with zero attached hydrogens (tertiary/aromatic N) is 1. The van der Waals surface area contributed by atoms with Crippen LogP contribution in [0.3, 0.4) is 0 Å². The molecule has 0 fully saturated rings. The minimum absolute atomic E-state index is 0.156. The van der Waals surface area contributed by atoms with Crippen molar-refractivity contribution < 1.29 is 4.74 Å². The first-order chi connectivity index (χ1) is 7.57. The number of nitrogens with one attached hydrogen (secondary N) is 1. The second-order valence-corrected chi connectivity index (χ2v) is 4.50. The molecular formula is C13H22N2O. The summed E-state index contributed by atoms with van der Waals surface area (Å²) in [6.45, 7) is 9.32. The molecule has 0 atom stereocenters. The molecule has 3 nitrogen and oxygen atoms in total. The molecule has 90 valence electrons. The Kier molecular flexibility index (Phi) is 4.59. The van der Waals surface area contributed by atoms with Gasteiger partial charge in [-0.3, -0.25) is 0 Å². The van der Waals surface area contributed by atoms with Gasteiger partial charge in [0, 0.05) is 12.6 Å². The maximum atomic E-state index is 5.82. The number of rotatable bonds is 6. The third-order valence-corrected chi connectivity index (χ3v) is 2.51. The second kappa shape index (κ2) is 5.73. The van der Waals surface area contributed by atoms with Crippen molar-refractivity contribution in [3.8, 4) is 5.88 Å². The zero-order valence-corrected chi connectivity index (χ0v) is 10.7. The third kappa shape index (κ3) is 4.09. The lowest BCUT2D eigenvalue weighted by atomic mass is 10.1. The Balaban J connectivity index is 2.67. The fourth-order valence-electron chi connectivity index (χ4n) is 1.18. The highest BCUT2D eigenvalue weighted by Gasteiger charge is 2.17. The number of pyridine rings is 1. The average molecular weight is 222 g/mol. The van der Waals surface area contributed by atoms with Crippen LogP contribution in [0.5, 0.6) is 5.88 Å². The van der Waals surface area contributed by atoms with Crippen molar-refractivity contribution in [3.05, 3.63) is 18.2 Å². The highest BCUT2D eigenvalue weighted by atomic mass is 16.5. The van der Waals surface area contributed by atoms with Gasteiger partial charge in [0.2, 0.25) is 5.88 Å². The number of hydrogen-bond donors (Lipinski definition) is 1. The van der Waals surface area contributed by atoms with Gasteiger partial charge in [-0.1, -0.05) is 19.9 Å². The van der Waals surface area contributed by atoms with E-state index < -0.39 is 0 Å². The summed E-state index contributed by atoms with van der Waals surface area (Å²) in [7, 11) is 0. The van der Waals surface area contributed by atoms with Crippen molar-refractivity contribution in [1.82, 2.24) is 4.98 Å². The topological polar surface area (TPSA) is 34.1 Å². The molecule has 0 amide bonds. The quantitative estimate of drug-likeness (QED) is 0.800. The Hall–Kier alpha value is -1.25. The van der Waals surface area contributed by atoms with E-state index >= 15 is 0 Å². The largest absolute Gasteiger partial charge is 0.472 e. The summed E-state index contributed by atoms with van der Waals surface area (Å²) < 4.78 is 5.82. The van der Waals surface area contributed by atoms with Gasteiger partial charge in [-0.2, -0.15) is 4.98 Å².